The molecule has 2 rings (SSSR count). The van der Waals surface area contributed by atoms with E-state index in [0.29, 0.717) is 6.42 Å². The third-order valence-corrected chi connectivity index (χ3v) is 4.47. The van der Waals surface area contributed by atoms with E-state index in [9.17, 15) is 9.90 Å². The monoisotopic (exact) mass is 317 g/mol. The lowest BCUT2D eigenvalue weighted by Gasteiger charge is -2.16. The van der Waals surface area contributed by atoms with E-state index >= 15 is 0 Å². The summed E-state index contributed by atoms with van der Waals surface area (Å²) in [5.74, 6) is -0.935. The predicted molar refractivity (Wildman–Crippen MR) is 92.8 cm³/mol. The summed E-state index contributed by atoms with van der Waals surface area (Å²) in [4.78, 5) is 11.4. The molecule has 1 aromatic carbocycles. The van der Waals surface area contributed by atoms with Crippen LogP contribution in [0.1, 0.15) is 31.4 Å². The summed E-state index contributed by atoms with van der Waals surface area (Å²) in [6.45, 7) is 7.70. The van der Waals surface area contributed by atoms with Crippen molar-refractivity contribution < 1.29 is 14.6 Å². The first-order chi connectivity index (χ1) is 10.9. The first-order valence-corrected chi connectivity index (χ1v) is 8.24. The van der Waals surface area contributed by atoms with Crippen molar-refractivity contribution in [3.05, 3.63) is 35.5 Å². The molecular formula is C19H27NO3. The van der Waals surface area contributed by atoms with E-state index in [1.54, 1.807) is 7.11 Å². The van der Waals surface area contributed by atoms with Gasteiger partial charge >= 0.3 is 5.97 Å². The molecule has 1 N–H and O–H groups in total. The lowest BCUT2D eigenvalue weighted by molar-refractivity contribution is -0.143. The van der Waals surface area contributed by atoms with Gasteiger partial charge in [-0.2, -0.15) is 0 Å². The molecule has 1 unspecified atom stereocenters. The van der Waals surface area contributed by atoms with Gasteiger partial charge in [0.15, 0.2) is 0 Å². The Morgan fingerprint density at radius 3 is 2.70 bits per heavy atom. The number of fused-ring (bicyclic) bond motifs is 1. The van der Waals surface area contributed by atoms with Gasteiger partial charge in [0.2, 0.25) is 0 Å². The summed E-state index contributed by atoms with van der Waals surface area (Å²) >= 11 is 0. The molecule has 2 aromatic rings. The fourth-order valence-corrected chi connectivity index (χ4v) is 3.07. The molecule has 0 aliphatic heterocycles. The molecule has 1 aromatic heterocycles. The normalized spacial score (nSPS) is 12.9. The van der Waals surface area contributed by atoms with Crippen LogP contribution in [0, 0.1) is 18.8 Å². The van der Waals surface area contributed by atoms with E-state index in [-0.39, 0.29) is 11.8 Å². The number of benzene rings is 1. The number of carbonyl (C=O) groups is 1. The van der Waals surface area contributed by atoms with Crippen LogP contribution in [0.15, 0.2) is 24.4 Å². The lowest BCUT2D eigenvalue weighted by Crippen LogP contribution is -2.22. The van der Waals surface area contributed by atoms with Crippen LogP contribution in [0.25, 0.3) is 10.9 Å². The molecule has 0 radical (unpaired) electrons. The van der Waals surface area contributed by atoms with Crippen LogP contribution in [-0.2, 0) is 22.5 Å². The summed E-state index contributed by atoms with van der Waals surface area (Å²) in [6.07, 6.45) is 3.71. The highest BCUT2D eigenvalue weighted by molar-refractivity contribution is 5.84. The third kappa shape index (κ3) is 4.14. The van der Waals surface area contributed by atoms with Gasteiger partial charge in [-0.15, -0.1) is 0 Å². The number of methoxy groups -OCH3 is 1. The molecule has 1 atom stereocenters. The van der Waals surface area contributed by atoms with Crippen LogP contribution in [0.4, 0.5) is 0 Å². The highest BCUT2D eigenvalue weighted by Gasteiger charge is 2.22. The van der Waals surface area contributed by atoms with E-state index in [4.69, 9.17) is 4.74 Å². The first kappa shape index (κ1) is 17.5. The zero-order valence-corrected chi connectivity index (χ0v) is 14.5. The van der Waals surface area contributed by atoms with Crippen molar-refractivity contribution in [3.8, 4) is 0 Å². The summed E-state index contributed by atoms with van der Waals surface area (Å²) in [5.41, 5.74) is 3.52. The molecule has 4 heteroatoms. The van der Waals surface area contributed by atoms with Crippen molar-refractivity contribution in [3.63, 3.8) is 0 Å². The quantitative estimate of drug-likeness (QED) is 0.752. The van der Waals surface area contributed by atoms with Crippen LogP contribution >= 0.6 is 0 Å². The van der Waals surface area contributed by atoms with Crippen molar-refractivity contribution >= 4 is 16.9 Å². The predicted octanol–water partition coefficient (Wildman–Crippen LogP) is 3.89. The van der Waals surface area contributed by atoms with Crippen LogP contribution < -0.4 is 0 Å². The Balaban J connectivity index is 2.29. The number of hydrogen-bond donors (Lipinski definition) is 1. The molecule has 0 aliphatic rings. The number of carboxylic acid groups (broad SMARTS) is 1. The minimum Gasteiger partial charge on any atom is -0.481 e. The standard InChI is InChI=1S/C19H27NO3/c1-13(2)17(19(21)22)10-15-6-7-16-14(3)12-20(18(16)11-15)8-5-9-23-4/h6-7,11-13,17H,5,8-10H2,1-4H3,(H,21,22). The highest BCUT2D eigenvalue weighted by Crippen LogP contribution is 2.25. The first-order valence-electron chi connectivity index (χ1n) is 8.24. The van der Waals surface area contributed by atoms with Gasteiger partial charge in [-0.05, 0) is 42.9 Å². The van der Waals surface area contributed by atoms with Gasteiger partial charge in [0, 0.05) is 37.4 Å². The molecule has 0 aliphatic carbocycles. The van der Waals surface area contributed by atoms with Crippen molar-refractivity contribution in [1.82, 2.24) is 4.57 Å². The number of aromatic nitrogens is 1. The average Bonchev–Trinajstić information content (AvgIpc) is 2.80. The number of carboxylic acids is 1. The fourth-order valence-electron chi connectivity index (χ4n) is 3.07. The lowest BCUT2D eigenvalue weighted by atomic mass is 9.89. The van der Waals surface area contributed by atoms with Gasteiger partial charge in [0.05, 0.1) is 5.92 Å². The zero-order valence-electron chi connectivity index (χ0n) is 14.5. The third-order valence-electron chi connectivity index (χ3n) is 4.47. The number of rotatable bonds is 8. The molecule has 0 spiro atoms. The van der Waals surface area contributed by atoms with Crippen LogP contribution in [-0.4, -0.2) is 29.4 Å². The van der Waals surface area contributed by atoms with Crippen molar-refractivity contribution in [2.75, 3.05) is 13.7 Å². The van der Waals surface area contributed by atoms with E-state index < -0.39 is 5.97 Å². The molecule has 23 heavy (non-hydrogen) atoms. The number of aliphatic carboxylic acids is 1. The molecule has 0 saturated carbocycles. The second-order valence-electron chi connectivity index (χ2n) is 6.60. The summed E-state index contributed by atoms with van der Waals surface area (Å²) in [5, 5.41) is 10.6. The van der Waals surface area contributed by atoms with E-state index in [1.807, 2.05) is 13.8 Å². The van der Waals surface area contributed by atoms with Crippen molar-refractivity contribution in [2.24, 2.45) is 11.8 Å². The van der Waals surface area contributed by atoms with Gasteiger partial charge in [-0.3, -0.25) is 4.79 Å². The molecule has 1 heterocycles. The van der Waals surface area contributed by atoms with Gasteiger partial charge in [-0.25, -0.2) is 0 Å². The maximum Gasteiger partial charge on any atom is 0.307 e. The Morgan fingerprint density at radius 1 is 1.35 bits per heavy atom. The van der Waals surface area contributed by atoms with E-state index in [0.717, 1.165) is 25.1 Å². The average molecular weight is 317 g/mol. The number of ether oxygens (including phenoxy) is 1. The Labute approximate surface area is 138 Å². The molecule has 0 amide bonds. The summed E-state index contributed by atoms with van der Waals surface area (Å²) in [6, 6.07) is 6.33. The fraction of sp³-hybridized carbons (Fsp3) is 0.526. The molecule has 126 valence electrons. The van der Waals surface area contributed by atoms with Crippen molar-refractivity contribution in [1.29, 1.82) is 0 Å². The van der Waals surface area contributed by atoms with Crippen LogP contribution in [0.3, 0.4) is 0 Å². The SMILES string of the molecule is COCCCn1cc(C)c2ccc(CC(C(=O)O)C(C)C)cc21. The maximum atomic E-state index is 11.4. The largest absolute Gasteiger partial charge is 0.481 e. The second kappa shape index (κ2) is 7.64. The Morgan fingerprint density at radius 2 is 2.09 bits per heavy atom. The smallest absolute Gasteiger partial charge is 0.307 e. The van der Waals surface area contributed by atoms with Gasteiger partial charge in [0.25, 0.3) is 0 Å². The minimum absolute atomic E-state index is 0.124. The topological polar surface area (TPSA) is 51.5 Å². The van der Waals surface area contributed by atoms with Crippen LogP contribution in [0.2, 0.25) is 0 Å². The second-order valence-corrected chi connectivity index (χ2v) is 6.60. The molecule has 0 bridgehead atoms. The molecule has 0 fully saturated rings. The minimum atomic E-state index is -0.716. The molecular weight excluding hydrogens is 290 g/mol. The van der Waals surface area contributed by atoms with Crippen LogP contribution in [0.5, 0.6) is 0 Å². The molecule has 4 nitrogen and oxygen atoms in total. The zero-order chi connectivity index (χ0) is 17.0. The van der Waals surface area contributed by atoms with Gasteiger partial charge in [0.1, 0.15) is 0 Å². The number of aryl methyl sites for hydroxylation is 2. The van der Waals surface area contributed by atoms with Gasteiger partial charge < -0.3 is 14.4 Å². The van der Waals surface area contributed by atoms with E-state index in [1.165, 1.54) is 16.5 Å². The summed E-state index contributed by atoms with van der Waals surface area (Å²) < 4.78 is 7.38. The summed E-state index contributed by atoms with van der Waals surface area (Å²) in [7, 11) is 1.72. The number of hydrogen-bond acceptors (Lipinski definition) is 2. The maximum absolute atomic E-state index is 11.4. The van der Waals surface area contributed by atoms with E-state index in [2.05, 4.69) is 35.9 Å². The van der Waals surface area contributed by atoms with Gasteiger partial charge in [-0.1, -0.05) is 26.0 Å². The Kier molecular flexibility index (Phi) is 5.83. The van der Waals surface area contributed by atoms with Crippen molar-refractivity contribution in [2.45, 2.75) is 40.2 Å². The molecule has 0 saturated heterocycles. The Bertz CT molecular complexity index is 673. The number of nitrogens with zero attached hydrogens (tertiary/aromatic N) is 1. The Hall–Kier alpha value is -1.81. The highest BCUT2D eigenvalue weighted by atomic mass is 16.5.